The minimum Gasteiger partial charge on any atom is -0.484 e. The third kappa shape index (κ3) is 2.96. The fourth-order valence-electron chi connectivity index (χ4n) is 3.15. The van der Waals surface area contributed by atoms with Gasteiger partial charge in [0.15, 0.2) is 6.61 Å². The van der Waals surface area contributed by atoms with Crippen LogP contribution in [0.3, 0.4) is 0 Å². The number of carbonyl (C=O) groups excluding carboxylic acids is 1. The zero-order chi connectivity index (χ0) is 13.8. The van der Waals surface area contributed by atoms with Crippen LogP contribution in [0.5, 0.6) is 5.75 Å². The van der Waals surface area contributed by atoms with Gasteiger partial charge >= 0.3 is 0 Å². The van der Waals surface area contributed by atoms with E-state index < -0.39 is 0 Å². The maximum absolute atomic E-state index is 12.4. The first-order valence-electron chi connectivity index (χ1n) is 7.43. The van der Waals surface area contributed by atoms with Crippen molar-refractivity contribution in [3.8, 4) is 5.75 Å². The summed E-state index contributed by atoms with van der Waals surface area (Å²) in [6.07, 6.45) is 4.77. The number of hydrogen-bond donors (Lipinski definition) is 0. The summed E-state index contributed by atoms with van der Waals surface area (Å²) in [5.41, 5.74) is 0. The van der Waals surface area contributed by atoms with E-state index in [1.54, 1.807) is 0 Å². The molecule has 1 aromatic rings. The predicted octanol–water partition coefficient (Wildman–Crippen LogP) is 2.24. The van der Waals surface area contributed by atoms with Crippen molar-refractivity contribution >= 4 is 5.91 Å². The molecule has 4 nitrogen and oxygen atoms in total. The molecule has 1 saturated carbocycles. The second-order valence-corrected chi connectivity index (χ2v) is 5.45. The molecule has 0 radical (unpaired) electrons. The van der Waals surface area contributed by atoms with Gasteiger partial charge in [-0.05, 0) is 25.0 Å². The molecule has 0 unspecified atom stereocenters. The largest absolute Gasteiger partial charge is 0.484 e. The van der Waals surface area contributed by atoms with Crippen LogP contribution in [0.25, 0.3) is 0 Å². The summed E-state index contributed by atoms with van der Waals surface area (Å²) < 4.78 is 11.4. The lowest BCUT2D eigenvalue weighted by atomic mass is 9.90. The molecule has 1 aliphatic heterocycles. The van der Waals surface area contributed by atoms with Gasteiger partial charge in [0.1, 0.15) is 5.75 Å². The van der Waals surface area contributed by atoms with E-state index in [4.69, 9.17) is 9.47 Å². The van der Waals surface area contributed by atoms with Gasteiger partial charge in [-0.25, -0.2) is 0 Å². The molecule has 1 saturated heterocycles. The quantitative estimate of drug-likeness (QED) is 0.849. The topological polar surface area (TPSA) is 38.8 Å². The van der Waals surface area contributed by atoms with Gasteiger partial charge in [0, 0.05) is 6.54 Å². The maximum atomic E-state index is 12.4. The Kier molecular flexibility index (Phi) is 4.21. The van der Waals surface area contributed by atoms with Gasteiger partial charge in [-0.15, -0.1) is 0 Å². The van der Waals surface area contributed by atoms with Crippen molar-refractivity contribution in [1.29, 1.82) is 0 Å². The highest BCUT2D eigenvalue weighted by atomic mass is 16.5. The zero-order valence-electron chi connectivity index (χ0n) is 11.7. The molecular formula is C16H21NO3. The van der Waals surface area contributed by atoms with Crippen LogP contribution in [-0.2, 0) is 9.53 Å². The second-order valence-electron chi connectivity index (χ2n) is 5.45. The molecule has 108 valence electrons. The number of rotatable bonds is 3. The van der Waals surface area contributed by atoms with Gasteiger partial charge in [-0.2, -0.15) is 0 Å². The van der Waals surface area contributed by atoms with E-state index in [1.165, 1.54) is 12.8 Å². The minimum atomic E-state index is 0.0778. The summed E-state index contributed by atoms with van der Waals surface area (Å²) in [6.45, 7) is 1.46. The van der Waals surface area contributed by atoms with E-state index >= 15 is 0 Å². The number of ether oxygens (including phenoxy) is 2. The van der Waals surface area contributed by atoms with Crippen molar-refractivity contribution in [3.63, 3.8) is 0 Å². The standard InChI is InChI=1S/C16H21NO3/c18-16(12-20-13-6-2-1-3-7-13)17-10-11-19-15-9-5-4-8-14(15)17/h1-3,6-7,14-15H,4-5,8-12H2/t14-,15-/m0/s1. The van der Waals surface area contributed by atoms with Crippen molar-refractivity contribution in [3.05, 3.63) is 30.3 Å². The Morgan fingerprint density at radius 3 is 2.90 bits per heavy atom. The Morgan fingerprint density at radius 1 is 1.25 bits per heavy atom. The number of fused-ring (bicyclic) bond motifs is 1. The number of carbonyl (C=O) groups is 1. The number of nitrogens with zero attached hydrogens (tertiary/aromatic N) is 1. The number of para-hydroxylation sites is 1. The highest BCUT2D eigenvalue weighted by molar-refractivity contribution is 5.78. The van der Waals surface area contributed by atoms with Crippen LogP contribution in [0.2, 0.25) is 0 Å². The number of amides is 1. The fourth-order valence-corrected chi connectivity index (χ4v) is 3.15. The highest BCUT2D eigenvalue weighted by Crippen LogP contribution is 2.28. The Hall–Kier alpha value is -1.55. The van der Waals surface area contributed by atoms with Crippen LogP contribution in [0.4, 0.5) is 0 Å². The third-order valence-electron chi connectivity index (χ3n) is 4.16. The van der Waals surface area contributed by atoms with Gasteiger partial charge in [-0.1, -0.05) is 31.0 Å². The van der Waals surface area contributed by atoms with Crippen LogP contribution < -0.4 is 4.74 Å². The van der Waals surface area contributed by atoms with Gasteiger partial charge in [0.2, 0.25) is 0 Å². The molecule has 1 heterocycles. The summed E-state index contributed by atoms with van der Waals surface area (Å²) in [6, 6.07) is 9.75. The van der Waals surface area contributed by atoms with Crippen LogP contribution in [-0.4, -0.2) is 42.7 Å². The van der Waals surface area contributed by atoms with Crippen LogP contribution in [0.1, 0.15) is 25.7 Å². The summed E-state index contributed by atoms with van der Waals surface area (Å²) in [7, 11) is 0. The second kappa shape index (κ2) is 6.27. The molecule has 20 heavy (non-hydrogen) atoms. The molecule has 2 atom stereocenters. The SMILES string of the molecule is O=C(COc1ccccc1)N1CCO[C@H]2CCCC[C@@H]21. The minimum absolute atomic E-state index is 0.0778. The summed E-state index contributed by atoms with van der Waals surface area (Å²) in [5, 5.41) is 0. The van der Waals surface area contributed by atoms with Crippen molar-refractivity contribution in [2.75, 3.05) is 19.8 Å². The van der Waals surface area contributed by atoms with Crippen LogP contribution in [0.15, 0.2) is 30.3 Å². The molecule has 0 aromatic heterocycles. The van der Waals surface area contributed by atoms with Crippen molar-refractivity contribution in [2.24, 2.45) is 0 Å². The molecule has 2 fully saturated rings. The van der Waals surface area contributed by atoms with E-state index in [-0.39, 0.29) is 24.7 Å². The Morgan fingerprint density at radius 2 is 2.05 bits per heavy atom. The molecule has 0 bridgehead atoms. The number of morpholine rings is 1. The van der Waals surface area contributed by atoms with Crippen LogP contribution in [0, 0.1) is 0 Å². The molecule has 1 aromatic carbocycles. The van der Waals surface area contributed by atoms with E-state index in [1.807, 2.05) is 35.2 Å². The van der Waals surface area contributed by atoms with Crippen molar-refractivity contribution < 1.29 is 14.3 Å². The van der Waals surface area contributed by atoms with E-state index in [9.17, 15) is 4.79 Å². The van der Waals surface area contributed by atoms with E-state index in [0.717, 1.165) is 18.6 Å². The first kappa shape index (κ1) is 13.4. The molecule has 2 aliphatic rings. The highest BCUT2D eigenvalue weighted by Gasteiger charge is 2.36. The monoisotopic (exact) mass is 275 g/mol. The Labute approximate surface area is 119 Å². The van der Waals surface area contributed by atoms with E-state index in [0.29, 0.717) is 13.2 Å². The number of hydrogen-bond acceptors (Lipinski definition) is 3. The lowest BCUT2D eigenvalue weighted by Crippen LogP contribution is -2.55. The molecular weight excluding hydrogens is 254 g/mol. The lowest BCUT2D eigenvalue weighted by molar-refractivity contribution is -0.151. The molecule has 4 heteroatoms. The average Bonchev–Trinajstić information content (AvgIpc) is 2.53. The molecule has 3 rings (SSSR count). The smallest absolute Gasteiger partial charge is 0.260 e. The number of benzene rings is 1. The Balaban J connectivity index is 1.58. The summed E-state index contributed by atoms with van der Waals surface area (Å²) in [4.78, 5) is 14.3. The molecule has 1 aliphatic carbocycles. The molecule has 1 amide bonds. The Bertz CT molecular complexity index is 446. The fraction of sp³-hybridized carbons (Fsp3) is 0.562. The predicted molar refractivity (Wildman–Crippen MR) is 75.6 cm³/mol. The molecule has 0 spiro atoms. The summed E-state index contributed by atoms with van der Waals surface area (Å²) in [5.74, 6) is 0.823. The summed E-state index contributed by atoms with van der Waals surface area (Å²) >= 11 is 0. The lowest BCUT2D eigenvalue weighted by Gasteiger charge is -2.43. The van der Waals surface area contributed by atoms with Crippen molar-refractivity contribution in [2.45, 2.75) is 37.8 Å². The third-order valence-corrected chi connectivity index (χ3v) is 4.16. The normalized spacial score (nSPS) is 25.9. The van der Waals surface area contributed by atoms with Gasteiger partial charge in [0.25, 0.3) is 5.91 Å². The van der Waals surface area contributed by atoms with Gasteiger partial charge in [-0.3, -0.25) is 4.79 Å². The van der Waals surface area contributed by atoms with Crippen LogP contribution >= 0.6 is 0 Å². The van der Waals surface area contributed by atoms with Crippen molar-refractivity contribution in [1.82, 2.24) is 4.90 Å². The maximum Gasteiger partial charge on any atom is 0.260 e. The average molecular weight is 275 g/mol. The van der Waals surface area contributed by atoms with E-state index in [2.05, 4.69) is 0 Å². The molecule has 0 N–H and O–H groups in total. The zero-order valence-corrected chi connectivity index (χ0v) is 11.7. The van der Waals surface area contributed by atoms with Gasteiger partial charge < -0.3 is 14.4 Å². The first-order valence-corrected chi connectivity index (χ1v) is 7.43. The van der Waals surface area contributed by atoms with Gasteiger partial charge in [0.05, 0.1) is 18.8 Å². The first-order chi connectivity index (χ1) is 9.84.